The number of nitrogens with two attached hydrogens (primary N) is 1. The lowest BCUT2D eigenvalue weighted by Crippen LogP contribution is -2.11. The number of sulfonamides is 1. The standard InChI is InChI=1S/C18H19N3O4S2/c1-12-2-5-14(25-12)6-9-17(22)21-18-20-11-15(26-18)10-13-3-7-16(8-4-13)27(19,23)24/h2-5,7-8,11H,6,9-10H2,1H3,(H2,19,23,24)(H,20,21,22). The molecule has 0 aliphatic heterocycles. The third kappa shape index (κ3) is 5.49. The lowest BCUT2D eigenvalue weighted by molar-refractivity contribution is -0.116. The van der Waals surface area contributed by atoms with E-state index in [9.17, 15) is 13.2 Å². The second-order valence-electron chi connectivity index (χ2n) is 6.06. The van der Waals surface area contributed by atoms with Crippen LogP contribution in [0.2, 0.25) is 0 Å². The van der Waals surface area contributed by atoms with Crippen molar-refractivity contribution in [1.82, 2.24) is 4.98 Å². The molecule has 0 bridgehead atoms. The van der Waals surface area contributed by atoms with Gasteiger partial charge in [-0.05, 0) is 36.8 Å². The van der Waals surface area contributed by atoms with E-state index in [1.54, 1.807) is 18.3 Å². The van der Waals surface area contributed by atoms with E-state index >= 15 is 0 Å². The van der Waals surface area contributed by atoms with Crippen molar-refractivity contribution >= 4 is 32.4 Å². The van der Waals surface area contributed by atoms with E-state index < -0.39 is 10.0 Å². The van der Waals surface area contributed by atoms with Crippen LogP contribution in [0.15, 0.2) is 51.9 Å². The van der Waals surface area contributed by atoms with Crippen LogP contribution >= 0.6 is 11.3 Å². The van der Waals surface area contributed by atoms with Gasteiger partial charge in [-0.25, -0.2) is 18.5 Å². The number of benzene rings is 1. The van der Waals surface area contributed by atoms with Crippen molar-refractivity contribution in [3.05, 3.63) is 64.6 Å². The fraction of sp³-hybridized carbons (Fsp3) is 0.222. The third-order valence-electron chi connectivity index (χ3n) is 3.82. The number of hydrogen-bond acceptors (Lipinski definition) is 6. The highest BCUT2D eigenvalue weighted by molar-refractivity contribution is 7.89. The Morgan fingerprint density at radius 1 is 1.22 bits per heavy atom. The zero-order chi connectivity index (χ0) is 19.4. The van der Waals surface area contributed by atoms with E-state index in [2.05, 4.69) is 10.3 Å². The van der Waals surface area contributed by atoms with E-state index in [1.165, 1.54) is 23.5 Å². The molecule has 0 fully saturated rings. The monoisotopic (exact) mass is 405 g/mol. The van der Waals surface area contributed by atoms with Crippen LogP contribution in [0, 0.1) is 6.92 Å². The Balaban J connectivity index is 1.54. The Morgan fingerprint density at radius 3 is 2.59 bits per heavy atom. The number of aromatic nitrogens is 1. The van der Waals surface area contributed by atoms with Crippen molar-refractivity contribution in [2.45, 2.75) is 31.1 Å². The van der Waals surface area contributed by atoms with Crippen molar-refractivity contribution in [2.75, 3.05) is 5.32 Å². The summed E-state index contributed by atoms with van der Waals surface area (Å²) in [7, 11) is -3.69. The maximum absolute atomic E-state index is 12.0. The van der Waals surface area contributed by atoms with Crippen LogP contribution in [-0.4, -0.2) is 19.3 Å². The van der Waals surface area contributed by atoms with Crippen molar-refractivity contribution in [1.29, 1.82) is 0 Å². The molecule has 2 aromatic heterocycles. The zero-order valence-corrected chi connectivity index (χ0v) is 16.3. The molecule has 0 aliphatic carbocycles. The van der Waals surface area contributed by atoms with E-state index in [-0.39, 0.29) is 10.8 Å². The number of carbonyl (C=O) groups excluding carboxylic acids is 1. The number of furan rings is 1. The van der Waals surface area contributed by atoms with Gasteiger partial charge in [-0.3, -0.25) is 4.79 Å². The number of carbonyl (C=O) groups is 1. The molecule has 0 aliphatic rings. The molecule has 3 aromatic rings. The van der Waals surface area contributed by atoms with Crippen molar-refractivity contribution in [2.24, 2.45) is 5.14 Å². The summed E-state index contributed by atoms with van der Waals surface area (Å²) < 4.78 is 28.0. The molecular weight excluding hydrogens is 386 g/mol. The van der Waals surface area contributed by atoms with Crippen LogP contribution in [0.4, 0.5) is 5.13 Å². The largest absolute Gasteiger partial charge is 0.466 e. The van der Waals surface area contributed by atoms with Gasteiger partial charge in [-0.1, -0.05) is 12.1 Å². The Bertz CT molecular complexity index is 1040. The van der Waals surface area contributed by atoms with Gasteiger partial charge in [0.05, 0.1) is 4.90 Å². The Labute approximate surface area is 161 Å². The number of primary sulfonamides is 1. The molecule has 3 N–H and O–H groups in total. The first-order chi connectivity index (χ1) is 12.8. The number of aryl methyl sites for hydroxylation is 2. The molecule has 0 unspecified atom stereocenters. The summed E-state index contributed by atoms with van der Waals surface area (Å²) in [6, 6.07) is 10.1. The van der Waals surface area contributed by atoms with Gasteiger partial charge < -0.3 is 9.73 Å². The SMILES string of the molecule is Cc1ccc(CCC(=O)Nc2ncc(Cc3ccc(S(N)(=O)=O)cc3)s2)o1. The molecule has 0 atom stereocenters. The minimum Gasteiger partial charge on any atom is -0.466 e. The van der Waals surface area contributed by atoms with E-state index in [1.807, 2.05) is 19.1 Å². The fourth-order valence-corrected chi connectivity index (χ4v) is 3.86. The minimum atomic E-state index is -3.69. The van der Waals surface area contributed by atoms with Crippen molar-refractivity contribution in [3.63, 3.8) is 0 Å². The smallest absolute Gasteiger partial charge is 0.238 e. The number of hydrogen-bond donors (Lipinski definition) is 2. The first-order valence-corrected chi connectivity index (χ1v) is 10.6. The second kappa shape index (κ2) is 8.03. The average Bonchev–Trinajstić information content (AvgIpc) is 3.21. The molecule has 27 heavy (non-hydrogen) atoms. The predicted octanol–water partition coefficient (Wildman–Crippen LogP) is 2.85. The van der Waals surface area contributed by atoms with Gasteiger partial charge in [0.2, 0.25) is 15.9 Å². The molecule has 9 heteroatoms. The summed E-state index contributed by atoms with van der Waals surface area (Å²) >= 11 is 1.38. The molecule has 142 valence electrons. The summed E-state index contributed by atoms with van der Waals surface area (Å²) in [6.45, 7) is 1.86. The molecule has 3 rings (SSSR count). The first kappa shape index (κ1) is 19.3. The number of rotatable bonds is 7. The molecule has 0 spiro atoms. The van der Waals surface area contributed by atoms with Crippen molar-refractivity contribution in [3.8, 4) is 0 Å². The summed E-state index contributed by atoms with van der Waals surface area (Å²) in [5, 5.41) is 8.41. The van der Waals surface area contributed by atoms with Crippen LogP contribution in [0.1, 0.15) is 28.4 Å². The lowest BCUT2D eigenvalue weighted by Gasteiger charge is -2.01. The Kier molecular flexibility index (Phi) is 5.73. The van der Waals surface area contributed by atoms with Crippen LogP contribution in [0.3, 0.4) is 0 Å². The predicted molar refractivity (Wildman–Crippen MR) is 103 cm³/mol. The van der Waals surface area contributed by atoms with Crippen LogP contribution < -0.4 is 10.5 Å². The highest BCUT2D eigenvalue weighted by Crippen LogP contribution is 2.22. The number of nitrogens with zero attached hydrogens (tertiary/aromatic N) is 1. The summed E-state index contributed by atoms with van der Waals surface area (Å²) in [5.41, 5.74) is 0.928. The van der Waals surface area contributed by atoms with Gasteiger partial charge in [0, 0.05) is 30.3 Å². The molecule has 2 heterocycles. The summed E-state index contributed by atoms with van der Waals surface area (Å²) in [6.07, 6.45) is 3.14. The highest BCUT2D eigenvalue weighted by Gasteiger charge is 2.10. The molecule has 0 saturated carbocycles. The van der Waals surface area contributed by atoms with Crippen LogP contribution in [0.5, 0.6) is 0 Å². The van der Waals surface area contributed by atoms with Crippen molar-refractivity contribution < 1.29 is 17.6 Å². The Hall–Kier alpha value is -2.49. The normalized spacial score (nSPS) is 11.5. The van der Waals surface area contributed by atoms with E-state index in [0.29, 0.717) is 24.4 Å². The van der Waals surface area contributed by atoms with Gasteiger partial charge >= 0.3 is 0 Å². The number of anilines is 1. The van der Waals surface area contributed by atoms with Crippen LogP contribution in [-0.2, 0) is 27.7 Å². The molecule has 1 aromatic carbocycles. The Morgan fingerprint density at radius 2 is 1.96 bits per heavy atom. The maximum atomic E-state index is 12.0. The molecule has 0 radical (unpaired) electrons. The zero-order valence-electron chi connectivity index (χ0n) is 14.6. The van der Waals surface area contributed by atoms with Gasteiger partial charge in [0.1, 0.15) is 11.5 Å². The summed E-state index contributed by atoms with van der Waals surface area (Å²) in [5.74, 6) is 1.49. The van der Waals surface area contributed by atoms with Crippen LogP contribution in [0.25, 0.3) is 0 Å². The molecule has 0 saturated heterocycles. The number of amides is 1. The van der Waals surface area contributed by atoms with Gasteiger partial charge in [0.25, 0.3) is 0 Å². The molecule has 7 nitrogen and oxygen atoms in total. The first-order valence-electron chi connectivity index (χ1n) is 8.21. The number of thiazole rings is 1. The minimum absolute atomic E-state index is 0.0789. The number of nitrogens with one attached hydrogen (secondary N) is 1. The molecule has 1 amide bonds. The summed E-state index contributed by atoms with van der Waals surface area (Å²) in [4.78, 5) is 17.3. The van der Waals surface area contributed by atoms with E-state index in [4.69, 9.17) is 9.56 Å². The topological polar surface area (TPSA) is 115 Å². The molecular formula is C18H19N3O4S2. The third-order valence-corrected chi connectivity index (χ3v) is 5.67. The maximum Gasteiger partial charge on any atom is 0.238 e. The highest BCUT2D eigenvalue weighted by atomic mass is 32.2. The van der Waals surface area contributed by atoms with Gasteiger partial charge in [-0.15, -0.1) is 11.3 Å². The average molecular weight is 406 g/mol. The fourth-order valence-electron chi connectivity index (χ4n) is 2.48. The second-order valence-corrected chi connectivity index (χ2v) is 8.73. The lowest BCUT2D eigenvalue weighted by atomic mass is 10.1. The quantitative estimate of drug-likeness (QED) is 0.627. The van der Waals surface area contributed by atoms with Gasteiger partial charge in [0.15, 0.2) is 5.13 Å². The van der Waals surface area contributed by atoms with Gasteiger partial charge in [-0.2, -0.15) is 0 Å². The van der Waals surface area contributed by atoms with E-state index in [0.717, 1.165) is 22.0 Å².